The monoisotopic (exact) mass is 222 g/mol. The highest BCUT2D eigenvalue weighted by atomic mass is 31.2. The molecule has 82 valence electrons. The van der Waals surface area contributed by atoms with Crippen LogP contribution in [0.1, 0.15) is 13.8 Å². The van der Waals surface area contributed by atoms with Gasteiger partial charge in [0.1, 0.15) is 6.61 Å². The number of allylic oxidation sites excluding steroid dienone is 1. The summed E-state index contributed by atoms with van der Waals surface area (Å²) in [4.78, 5) is 10.4. The van der Waals surface area contributed by atoms with E-state index in [2.05, 4.69) is 4.74 Å². The summed E-state index contributed by atoms with van der Waals surface area (Å²) in [5.41, 5.74) is 0. The van der Waals surface area contributed by atoms with Gasteiger partial charge in [-0.2, -0.15) is 0 Å². The van der Waals surface area contributed by atoms with Crippen molar-refractivity contribution in [3.05, 3.63) is 11.4 Å². The van der Waals surface area contributed by atoms with Crippen LogP contribution in [-0.2, 0) is 23.1 Å². The van der Waals surface area contributed by atoms with Crippen molar-refractivity contribution >= 4 is 13.6 Å². The van der Waals surface area contributed by atoms with Crippen molar-refractivity contribution in [1.29, 1.82) is 0 Å². The first-order valence-corrected chi connectivity index (χ1v) is 5.52. The lowest BCUT2D eigenvalue weighted by atomic mass is 10.5. The Balaban J connectivity index is 4.36. The van der Waals surface area contributed by atoms with Crippen LogP contribution in [0.25, 0.3) is 0 Å². The van der Waals surface area contributed by atoms with Crippen molar-refractivity contribution in [1.82, 2.24) is 0 Å². The Morgan fingerprint density at radius 1 is 1.29 bits per heavy atom. The van der Waals surface area contributed by atoms with Crippen molar-refractivity contribution in [2.75, 3.05) is 20.8 Å². The van der Waals surface area contributed by atoms with Gasteiger partial charge in [0, 0.05) is 26.5 Å². The van der Waals surface area contributed by atoms with E-state index < -0.39 is 13.6 Å². The standard InChI is InChI=1S/C8H15O5P/c1-7(5-6-13-8(2)9)14(10,11-3)12-4/h5H,6H2,1-4H3/b7-5+. The fraction of sp³-hybridized carbons (Fsp3) is 0.625. The molecule has 0 aromatic rings. The topological polar surface area (TPSA) is 61.8 Å². The smallest absolute Gasteiger partial charge is 0.356 e. The van der Waals surface area contributed by atoms with E-state index in [1.807, 2.05) is 0 Å². The zero-order chi connectivity index (χ0) is 11.2. The largest absolute Gasteiger partial charge is 0.462 e. The van der Waals surface area contributed by atoms with Crippen molar-refractivity contribution < 1.29 is 23.1 Å². The Labute approximate surface area is 83.6 Å². The minimum absolute atomic E-state index is 0.0673. The fourth-order valence-electron chi connectivity index (χ4n) is 0.754. The highest BCUT2D eigenvalue weighted by Crippen LogP contribution is 2.54. The molecule has 5 nitrogen and oxygen atoms in total. The summed E-state index contributed by atoms with van der Waals surface area (Å²) in [6.07, 6.45) is 1.50. The van der Waals surface area contributed by atoms with Gasteiger partial charge in [0.15, 0.2) is 0 Å². The Morgan fingerprint density at radius 2 is 1.79 bits per heavy atom. The van der Waals surface area contributed by atoms with E-state index in [0.717, 1.165) is 0 Å². The molecule has 0 saturated carbocycles. The molecule has 0 saturated heterocycles. The van der Waals surface area contributed by atoms with Crippen molar-refractivity contribution in [3.63, 3.8) is 0 Å². The van der Waals surface area contributed by atoms with Gasteiger partial charge in [0.2, 0.25) is 0 Å². The van der Waals surface area contributed by atoms with E-state index in [0.29, 0.717) is 5.31 Å². The third-order valence-electron chi connectivity index (χ3n) is 1.58. The first-order valence-electron chi connectivity index (χ1n) is 3.98. The van der Waals surface area contributed by atoms with Crippen LogP contribution < -0.4 is 0 Å². The minimum atomic E-state index is -3.16. The van der Waals surface area contributed by atoms with Crippen LogP contribution in [-0.4, -0.2) is 26.8 Å². The van der Waals surface area contributed by atoms with Crippen LogP contribution in [0.5, 0.6) is 0 Å². The molecule has 0 bridgehead atoms. The van der Waals surface area contributed by atoms with Crippen LogP contribution in [0.4, 0.5) is 0 Å². The molecular weight excluding hydrogens is 207 g/mol. The third-order valence-corrected chi connectivity index (χ3v) is 3.59. The number of hydrogen-bond acceptors (Lipinski definition) is 5. The molecule has 0 aliphatic carbocycles. The van der Waals surface area contributed by atoms with Gasteiger partial charge in [-0.05, 0) is 13.0 Å². The van der Waals surface area contributed by atoms with Crippen LogP contribution >= 0.6 is 7.60 Å². The molecule has 0 N–H and O–H groups in total. The molecule has 0 aliphatic heterocycles. The predicted octanol–water partition coefficient (Wildman–Crippen LogP) is 1.94. The zero-order valence-corrected chi connectivity index (χ0v) is 9.67. The lowest BCUT2D eigenvalue weighted by molar-refractivity contribution is -0.139. The maximum absolute atomic E-state index is 11.7. The molecule has 0 spiro atoms. The Hall–Kier alpha value is -0.640. The van der Waals surface area contributed by atoms with Crippen LogP contribution in [0.3, 0.4) is 0 Å². The van der Waals surface area contributed by atoms with E-state index >= 15 is 0 Å². The van der Waals surface area contributed by atoms with Gasteiger partial charge in [0.05, 0.1) is 0 Å². The number of carbonyl (C=O) groups is 1. The first-order chi connectivity index (χ1) is 6.46. The van der Waals surface area contributed by atoms with Crippen LogP contribution in [0.15, 0.2) is 11.4 Å². The van der Waals surface area contributed by atoms with Gasteiger partial charge in [-0.25, -0.2) is 0 Å². The van der Waals surface area contributed by atoms with Crippen molar-refractivity contribution in [3.8, 4) is 0 Å². The second-order valence-electron chi connectivity index (χ2n) is 2.51. The maximum Gasteiger partial charge on any atom is 0.356 e. The molecule has 0 heterocycles. The van der Waals surface area contributed by atoms with Gasteiger partial charge in [-0.15, -0.1) is 0 Å². The van der Waals surface area contributed by atoms with Gasteiger partial charge in [0.25, 0.3) is 0 Å². The zero-order valence-electron chi connectivity index (χ0n) is 8.77. The van der Waals surface area contributed by atoms with Gasteiger partial charge < -0.3 is 13.8 Å². The quantitative estimate of drug-likeness (QED) is 0.525. The van der Waals surface area contributed by atoms with E-state index in [9.17, 15) is 9.36 Å². The Morgan fingerprint density at radius 3 is 2.14 bits per heavy atom. The Kier molecular flexibility index (Phi) is 5.69. The highest BCUT2D eigenvalue weighted by molar-refractivity contribution is 7.58. The first kappa shape index (κ1) is 13.4. The van der Waals surface area contributed by atoms with E-state index in [1.54, 1.807) is 6.92 Å². The summed E-state index contributed by atoms with van der Waals surface area (Å²) < 4.78 is 25.8. The predicted molar refractivity (Wildman–Crippen MR) is 52.0 cm³/mol. The molecule has 0 rings (SSSR count). The lowest BCUT2D eigenvalue weighted by Crippen LogP contribution is -1.99. The number of rotatable bonds is 5. The Bertz CT molecular complexity index is 263. The number of esters is 1. The molecule has 0 unspecified atom stereocenters. The average molecular weight is 222 g/mol. The molecule has 0 radical (unpaired) electrons. The van der Waals surface area contributed by atoms with E-state index in [1.165, 1.54) is 27.2 Å². The second kappa shape index (κ2) is 5.96. The van der Waals surface area contributed by atoms with Crippen molar-refractivity contribution in [2.45, 2.75) is 13.8 Å². The summed E-state index contributed by atoms with van der Waals surface area (Å²) in [7, 11) is -0.564. The molecule has 0 aromatic carbocycles. The number of hydrogen-bond donors (Lipinski definition) is 0. The van der Waals surface area contributed by atoms with Crippen LogP contribution in [0, 0.1) is 0 Å². The molecule has 0 aromatic heterocycles. The summed E-state index contributed by atoms with van der Waals surface area (Å²) in [5, 5.41) is 0.420. The number of ether oxygens (including phenoxy) is 1. The van der Waals surface area contributed by atoms with Crippen molar-refractivity contribution in [2.24, 2.45) is 0 Å². The summed E-state index contributed by atoms with van der Waals surface area (Å²) in [6.45, 7) is 2.96. The highest BCUT2D eigenvalue weighted by Gasteiger charge is 2.23. The minimum Gasteiger partial charge on any atom is -0.462 e. The van der Waals surface area contributed by atoms with Gasteiger partial charge in [-0.1, -0.05) is 0 Å². The summed E-state index contributed by atoms with van der Waals surface area (Å²) in [6, 6.07) is 0. The van der Waals surface area contributed by atoms with E-state index in [4.69, 9.17) is 9.05 Å². The van der Waals surface area contributed by atoms with Gasteiger partial charge >= 0.3 is 13.6 Å². The van der Waals surface area contributed by atoms with E-state index in [-0.39, 0.29) is 6.61 Å². The molecule has 0 atom stereocenters. The summed E-state index contributed by atoms with van der Waals surface area (Å²) in [5.74, 6) is -0.390. The van der Waals surface area contributed by atoms with Gasteiger partial charge in [-0.3, -0.25) is 9.36 Å². The normalized spacial score (nSPS) is 12.7. The third kappa shape index (κ3) is 4.05. The SMILES string of the molecule is COP(=O)(OC)/C(C)=C/COC(C)=O. The summed E-state index contributed by atoms with van der Waals surface area (Å²) >= 11 is 0. The maximum atomic E-state index is 11.7. The lowest BCUT2D eigenvalue weighted by Gasteiger charge is -2.13. The number of carbonyl (C=O) groups excluding carboxylic acids is 1. The fourth-order valence-corrected chi connectivity index (χ4v) is 1.78. The molecular formula is C8H15O5P. The second-order valence-corrected chi connectivity index (χ2v) is 4.94. The molecule has 6 heteroatoms. The molecule has 0 amide bonds. The molecule has 0 fully saturated rings. The van der Waals surface area contributed by atoms with Crippen LogP contribution in [0.2, 0.25) is 0 Å². The molecule has 14 heavy (non-hydrogen) atoms. The average Bonchev–Trinajstić information content (AvgIpc) is 2.15. The molecule has 0 aliphatic rings.